The average Bonchev–Trinajstić information content (AvgIpc) is 2.50. The van der Waals surface area contributed by atoms with Gasteiger partial charge in [-0.2, -0.15) is 0 Å². The lowest BCUT2D eigenvalue weighted by Gasteiger charge is -2.29. The van der Waals surface area contributed by atoms with Crippen LogP contribution in [0.15, 0.2) is 30.3 Å². The van der Waals surface area contributed by atoms with Gasteiger partial charge in [0.15, 0.2) is 0 Å². The first-order valence-electron chi connectivity index (χ1n) is 8.91. The Morgan fingerprint density at radius 3 is 2.08 bits per heavy atom. The van der Waals surface area contributed by atoms with Crippen LogP contribution in [0, 0.1) is 5.92 Å². The number of nitrogens with one attached hydrogen (secondary N) is 1. The normalized spacial score (nSPS) is 14.9. The van der Waals surface area contributed by atoms with Crippen LogP contribution >= 0.6 is 0 Å². The fourth-order valence-corrected chi connectivity index (χ4v) is 2.33. The zero-order valence-electron chi connectivity index (χ0n) is 16.7. The molecule has 6 heteroatoms. The van der Waals surface area contributed by atoms with Crippen LogP contribution in [0.5, 0.6) is 5.75 Å². The molecule has 0 saturated heterocycles. The Morgan fingerprint density at radius 1 is 1.00 bits per heavy atom. The van der Waals surface area contributed by atoms with E-state index in [1.807, 2.05) is 51.1 Å². The lowest BCUT2D eigenvalue weighted by molar-refractivity contribution is -0.158. The minimum atomic E-state index is -0.824. The molecule has 0 fully saturated rings. The van der Waals surface area contributed by atoms with Crippen LogP contribution in [0.2, 0.25) is 0 Å². The highest BCUT2D eigenvalue weighted by atomic mass is 16.6. The van der Waals surface area contributed by atoms with Gasteiger partial charge in [0.05, 0.1) is 0 Å². The fraction of sp³-hybridized carbons (Fsp3) is 0.600. The van der Waals surface area contributed by atoms with Crippen LogP contribution in [0.3, 0.4) is 0 Å². The van der Waals surface area contributed by atoms with Crippen LogP contribution in [0.1, 0.15) is 48.5 Å². The Bertz CT molecular complexity index is 580. The molecule has 146 valence electrons. The largest absolute Gasteiger partial charge is 0.487 e. The summed E-state index contributed by atoms with van der Waals surface area (Å²) >= 11 is 0. The van der Waals surface area contributed by atoms with Gasteiger partial charge in [-0.05, 0) is 52.7 Å². The first kappa shape index (κ1) is 21.8. The number of carbonyl (C=O) groups is 2. The lowest BCUT2D eigenvalue weighted by Crippen LogP contribution is -2.46. The molecule has 0 saturated carbocycles. The highest BCUT2D eigenvalue weighted by molar-refractivity contribution is 5.81. The quantitative estimate of drug-likeness (QED) is 0.741. The molecule has 0 radical (unpaired) electrons. The van der Waals surface area contributed by atoms with Crippen molar-refractivity contribution in [2.45, 2.75) is 72.3 Å². The molecular weight excluding hydrogens is 334 g/mol. The van der Waals surface area contributed by atoms with Gasteiger partial charge >= 0.3 is 12.1 Å². The highest BCUT2D eigenvalue weighted by Gasteiger charge is 2.30. The summed E-state index contributed by atoms with van der Waals surface area (Å²) in [6.45, 7) is 12.6. The second kappa shape index (κ2) is 9.46. The Morgan fingerprint density at radius 2 is 1.58 bits per heavy atom. The topological polar surface area (TPSA) is 73.9 Å². The van der Waals surface area contributed by atoms with Gasteiger partial charge in [-0.25, -0.2) is 9.59 Å². The number of esters is 1. The number of hydrogen-bond acceptors (Lipinski definition) is 5. The third-order valence-corrected chi connectivity index (χ3v) is 3.52. The van der Waals surface area contributed by atoms with E-state index in [9.17, 15) is 9.59 Å². The van der Waals surface area contributed by atoms with Gasteiger partial charge in [-0.3, -0.25) is 0 Å². The van der Waals surface area contributed by atoms with E-state index in [1.165, 1.54) is 0 Å². The minimum absolute atomic E-state index is 0.0476. The van der Waals surface area contributed by atoms with Crippen molar-refractivity contribution in [1.29, 1.82) is 0 Å². The number of alkyl carbamates (subject to hydrolysis) is 1. The molecular formula is C20H31NO5. The summed E-state index contributed by atoms with van der Waals surface area (Å²) in [5, 5.41) is 2.49. The zero-order valence-corrected chi connectivity index (χ0v) is 16.7. The molecule has 26 heavy (non-hydrogen) atoms. The third-order valence-electron chi connectivity index (χ3n) is 3.52. The van der Waals surface area contributed by atoms with Crippen molar-refractivity contribution in [3.63, 3.8) is 0 Å². The van der Waals surface area contributed by atoms with E-state index in [2.05, 4.69) is 5.32 Å². The molecule has 1 aromatic rings. The zero-order chi connectivity index (χ0) is 19.9. The summed E-state index contributed by atoms with van der Waals surface area (Å²) in [7, 11) is 0. The van der Waals surface area contributed by atoms with Gasteiger partial charge in [-0.1, -0.05) is 32.0 Å². The SMILES string of the molecule is CC(C)C(OC(=O)[C@H](C)NC(=O)OC(C)(C)C)[C@H](C)Oc1ccccc1. The second-order valence-electron chi connectivity index (χ2n) is 7.65. The van der Waals surface area contributed by atoms with Crippen LogP contribution in [-0.2, 0) is 14.3 Å². The standard InChI is InChI=1S/C20H31NO5/c1-13(2)17(15(4)24-16-11-9-8-10-12-16)25-18(22)14(3)21-19(23)26-20(5,6)7/h8-15,17H,1-7H3,(H,21,23)/t14-,15-,17?/m0/s1. The Hall–Kier alpha value is -2.24. The molecule has 1 N–H and O–H groups in total. The molecule has 0 aliphatic heterocycles. The van der Waals surface area contributed by atoms with Crippen molar-refractivity contribution in [2.75, 3.05) is 0 Å². The smallest absolute Gasteiger partial charge is 0.408 e. The first-order chi connectivity index (χ1) is 12.0. The van der Waals surface area contributed by atoms with Crippen molar-refractivity contribution in [3.05, 3.63) is 30.3 Å². The predicted molar refractivity (Wildman–Crippen MR) is 100 cm³/mol. The van der Waals surface area contributed by atoms with Crippen molar-refractivity contribution < 1.29 is 23.8 Å². The number of carbonyl (C=O) groups excluding carboxylic acids is 2. The number of ether oxygens (including phenoxy) is 3. The lowest BCUT2D eigenvalue weighted by atomic mass is 10.0. The monoisotopic (exact) mass is 365 g/mol. The van der Waals surface area contributed by atoms with E-state index in [1.54, 1.807) is 27.7 Å². The van der Waals surface area contributed by atoms with Gasteiger partial charge in [0.2, 0.25) is 0 Å². The molecule has 1 aromatic carbocycles. The van der Waals surface area contributed by atoms with Crippen LogP contribution in [0.4, 0.5) is 4.79 Å². The summed E-state index contributed by atoms with van der Waals surface area (Å²) in [5.74, 6) is 0.228. The molecule has 1 unspecified atom stereocenters. The number of rotatable bonds is 7. The number of para-hydroxylation sites is 1. The van der Waals surface area contributed by atoms with Crippen molar-refractivity contribution in [3.8, 4) is 5.75 Å². The molecule has 0 aliphatic rings. The maximum atomic E-state index is 12.4. The first-order valence-corrected chi connectivity index (χ1v) is 8.91. The molecule has 1 amide bonds. The van der Waals surface area contributed by atoms with Crippen molar-refractivity contribution in [2.24, 2.45) is 5.92 Å². The Kier molecular flexibility index (Phi) is 7.93. The third kappa shape index (κ3) is 7.76. The molecule has 0 aromatic heterocycles. The molecule has 0 aliphatic carbocycles. The predicted octanol–water partition coefficient (Wildman–Crippen LogP) is 3.93. The van der Waals surface area contributed by atoms with Crippen molar-refractivity contribution >= 4 is 12.1 Å². The summed E-state index contributed by atoms with van der Waals surface area (Å²) in [5.41, 5.74) is -0.633. The van der Waals surface area contributed by atoms with Gasteiger partial charge in [-0.15, -0.1) is 0 Å². The fourth-order valence-electron chi connectivity index (χ4n) is 2.33. The number of amides is 1. The van der Waals surface area contributed by atoms with Gasteiger partial charge in [0, 0.05) is 0 Å². The van der Waals surface area contributed by atoms with E-state index in [-0.39, 0.29) is 12.0 Å². The van der Waals surface area contributed by atoms with E-state index in [4.69, 9.17) is 14.2 Å². The van der Waals surface area contributed by atoms with Crippen LogP contribution in [-0.4, -0.2) is 35.9 Å². The number of benzene rings is 1. The maximum absolute atomic E-state index is 12.4. The molecule has 1 rings (SSSR count). The van der Waals surface area contributed by atoms with Gasteiger partial charge < -0.3 is 19.5 Å². The summed E-state index contributed by atoms with van der Waals surface area (Å²) < 4.78 is 16.6. The van der Waals surface area contributed by atoms with Crippen LogP contribution in [0.25, 0.3) is 0 Å². The van der Waals surface area contributed by atoms with Crippen LogP contribution < -0.4 is 10.1 Å². The van der Waals surface area contributed by atoms with E-state index >= 15 is 0 Å². The second-order valence-corrected chi connectivity index (χ2v) is 7.65. The Balaban J connectivity index is 2.65. The molecule has 3 atom stereocenters. The van der Waals surface area contributed by atoms with Gasteiger partial charge in [0.25, 0.3) is 0 Å². The van der Waals surface area contributed by atoms with Gasteiger partial charge in [0.1, 0.15) is 29.6 Å². The highest BCUT2D eigenvalue weighted by Crippen LogP contribution is 2.19. The van der Waals surface area contributed by atoms with E-state index < -0.39 is 29.8 Å². The Labute approximate surface area is 156 Å². The molecule has 0 spiro atoms. The average molecular weight is 365 g/mol. The summed E-state index contributed by atoms with van der Waals surface area (Å²) in [6.07, 6.45) is -1.45. The summed E-state index contributed by atoms with van der Waals surface area (Å²) in [4.78, 5) is 24.2. The molecule has 0 heterocycles. The van der Waals surface area contributed by atoms with E-state index in [0.717, 1.165) is 0 Å². The number of hydrogen-bond donors (Lipinski definition) is 1. The summed E-state index contributed by atoms with van der Waals surface area (Å²) in [6, 6.07) is 8.54. The molecule has 0 bridgehead atoms. The maximum Gasteiger partial charge on any atom is 0.408 e. The molecule has 6 nitrogen and oxygen atoms in total. The van der Waals surface area contributed by atoms with Crippen molar-refractivity contribution in [1.82, 2.24) is 5.32 Å². The minimum Gasteiger partial charge on any atom is -0.487 e. The van der Waals surface area contributed by atoms with E-state index in [0.29, 0.717) is 5.75 Å².